The van der Waals surface area contributed by atoms with E-state index in [0.29, 0.717) is 63.4 Å². The van der Waals surface area contributed by atoms with Crippen molar-refractivity contribution in [2.75, 3.05) is 62.0 Å². The zero-order valence-corrected chi connectivity index (χ0v) is 17.7. The van der Waals surface area contributed by atoms with Crippen LogP contribution in [0.4, 0.5) is 17.8 Å². The van der Waals surface area contributed by atoms with Gasteiger partial charge in [-0.25, -0.2) is 0 Å². The van der Waals surface area contributed by atoms with Crippen LogP contribution in [-0.2, 0) is 9.47 Å². The Labute approximate surface area is 173 Å². The number of nitrogens with one attached hydrogen (secondary N) is 3. The van der Waals surface area contributed by atoms with Gasteiger partial charge in [-0.1, -0.05) is 19.8 Å². The van der Waals surface area contributed by atoms with Gasteiger partial charge in [0.1, 0.15) is 0 Å². The average molecular weight is 408 g/mol. The maximum atomic E-state index is 5.55. The smallest absolute Gasteiger partial charge is 0.229 e. The van der Waals surface area contributed by atoms with E-state index in [1.807, 2.05) is 0 Å². The maximum absolute atomic E-state index is 5.55. The lowest BCUT2D eigenvalue weighted by Gasteiger charge is -2.23. The Kier molecular flexibility index (Phi) is 9.17. The molecule has 29 heavy (non-hydrogen) atoms. The summed E-state index contributed by atoms with van der Waals surface area (Å²) in [6.07, 6.45) is 7.51. The first kappa shape index (κ1) is 22.0. The van der Waals surface area contributed by atoms with Crippen LogP contribution in [0, 0.1) is 11.8 Å². The highest BCUT2D eigenvalue weighted by molar-refractivity contribution is 5.43. The molecule has 0 spiro atoms. The first-order valence-electron chi connectivity index (χ1n) is 11.1. The molecule has 0 radical (unpaired) electrons. The van der Waals surface area contributed by atoms with Crippen LogP contribution in [0.5, 0.6) is 0 Å². The summed E-state index contributed by atoms with van der Waals surface area (Å²) < 4.78 is 10.8. The van der Waals surface area contributed by atoms with Gasteiger partial charge >= 0.3 is 0 Å². The molecule has 9 heteroatoms. The molecule has 2 aliphatic rings. The number of nitrogens with two attached hydrogens (primary N) is 1. The van der Waals surface area contributed by atoms with E-state index in [1.54, 1.807) is 0 Å². The molecular weight excluding hydrogens is 370 g/mol. The summed E-state index contributed by atoms with van der Waals surface area (Å²) in [5.41, 5.74) is 5.38. The monoisotopic (exact) mass is 407 g/mol. The lowest BCUT2D eigenvalue weighted by molar-refractivity contribution is 0.0547. The number of rotatable bonds is 15. The number of anilines is 3. The highest BCUT2D eigenvalue weighted by Crippen LogP contribution is 2.45. The predicted molar refractivity (Wildman–Crippen MR) is 115 cm³/mol. The second-order valence-corrected chi connectivity index (χ2v) is 7.95. The minimum atomic E-state index is 0.490. The van der Waals surface area contributed by atoms with Gasteiger partial charge in [-0.3, -0.25) is 0 Å². The molecule has 2 saturated carbocycles. The minimum absolute atomic E-state index is 0.490. The molecule has 3 unspecified atom stereocenters. The van der Waals surface area contributed by atoms with Crippen molar-refractivity contribution in [1.82, 2.24) is 15.0 Å². The third-order valence-corrected chi connectivity index (χ3v) is 5.67. The molecule has 3 rings (SSSR count). The fourth-order valence-electron chi connectivity index (χ4n) is 4.20. The minimum Gasteiger partial charge on any atom is -0.378 e. The van der Waals surface area contributed by atoms with Crippen LogP contribution in [0.3, 0.4) is 0 Å². The standard InChI is InChI=1S/C20H37N7O2/c1-2-3-7-22-18-25-19(23-8-10-29-12-11-28-9-6-21)27-20(26-18)24-17-14-15-4-5-16(17)13-15/h15-17H,2-14,21H2,1H3,(H3,22,23,24,25,26,27). The number of nitrogens with zero attached hydrogens (tertiary/aromatic N) is 3. The number of hydrogen-bond acceptors (Lipinski definition) is 9. The molecule has 9 nitrogen and oxygen atoms in total. The fourth-order valence-corrected chi connectivity index (χ4v) is 4.20. The Morgan fingerprint density at radius 3 is 2.28 bits per heavy atom. The highest BCUT2D eigenvalue weighted by Gasteiger charge is 2.39. The molecular formula is C20H37N7O2. The van der Waals surface area contributed by atoms with Crippen LogP contribution >= 0.6 is 0 Å². The van der Waals surface area contributed by atoms with Crippen molar-refractivity contribution in [2.45, 2.75) is 51.5 Å². The zero-order chi connectivity index (χ0) is 20.3. The van der Waals surface area contributed by atoms with Crippen LogP contribution in [0.2, 0.25) is 0 Å². The lowest BCUT2D eigenvalue weighted by Crippen LogP contribution is -2.27. The molecule has 1 aromatic heterocycles. The number of hydrogen-bond donors (Lipinski definition) is 4. The molecule has 0 aliphatic heterocycles. The van der Waals surface area contributed by atoms with E-state index >= 15 is 0 Å². The molecule has 1 heterocycles. The summed E-state index contributed by atoms with van der Waals surface area (Å²) in [6, 6.07) is 0.490. The Balaban J connectivity index is 1.48. The topological polar surface area (TPSA) is 119 Å². The van der Waals surface area contributed by atoms with Gasteiger partial charge in [0.15, 0.2) is 0 Å². The summed E-state index contributed by atoms with van der Waals surface area (Å²) in [7, 11) is 0. The fraction of sp³-hybridized carbons (Fsp3) is 0.850. The van der Waals surface area contributed by atoms with E-state index in [4.69, 9.17) is 15.2 Å². The largest absolute Gasteiger partial charge is 0.378 e. The molecule has 2 bridgehead atoms. The van der Waals surface area contributed by atoms with Gasteiger partial charge in [0.05, 0.1) is 26.4 Å². The Morgan fingerprint density at radius 1 is 0.897 bits per heavy atom. The molecule has 0 aromatic carbocycles. The van der Waals surface area contributed by atoms with E-state index in [9.17, 15) is 0 Å². The van der Waals surface area contributed by atoms with Gasteiger partial charge in [-0.05, 0) is 37.5 Å². The molecule has 164 valence electrons. The summed E-state index contributed by atoms with van der Waals surface area (Å²) in [4.78, 5) is 13.7. The molecule has 0 amide bonds. The Hall–Kier alpha value is -1.71. The summed E-state index contributed by atoms with van der Waals surface area (Å²) in [6.45, 7) is 6.44. The van der Waals surface area contributed by atoms with Crippen molar-refractivity contribution >= 4 is 17.8 Å². The van der Waals surface area contributed by atoms with Crippen molar-refractivity contribution in [3.8, 4) is 0 Å². The molecule has 3 atom stereocenters. The van der Waals surface area contributed by atoms with Gasteiger partial charge in [0.25, 0.3) is 0 Å². The van der Waals surface area contributed by atoms with E-state index in [0.717, 1.165) is 31.2 Å². The van der Waals surface area contributed by atoms with Crippen molar-refractivity contribution < 1.29 is 9.47 Å². The van der Waals surface area contributed by atoms with Crippen LogP contribution in [0.15, 0.2) is 0 Å². The van der Waals surface area contributed by atoms with Crippen molar-refractivity contribution in [3.05, 3.63) is 0 Å². The van der Waals surface area contributed by atoms with Crippen molar-refractivity contribution in [1.29, 1.82) is 0 Å². The number of unbranched alkanes of at least 4 members (excludes halogenated alkanes) is 1. The normalized spacial score (nSPS) is 22.8. The maximum Gasteiger partial charge on any atom is 0.229 e. The zero-order valence-electron chi connectivity index (χ0n) is 17.7. The van der Waals surface area contributed by atoms with Gasteiger partial charge in [-0.15, -0.1) is 0 Å². The molecule has 1 aromatic rings. The lowest BCUT2D eigenvalue weighted by atomic mass is 9.95. The highest BCUT2D eigenvalue weighted by atomic mass is 16.5. The van der Waals surface area contributed by atoms with E-state index in [-0.39, 0.29) is 0 Å². The summed E-state index contributed by atoms with van der Waals surface area (Å²) >= 11 is 0. The SMILES string of the molecule is CCCCNc1nc(NCCOCCOCCN)nc(NC2CC3CCC2C3)n1. The van der Waals surface area contributed by atoms with E-state index in [1.165, 1.54) is 25.7 Å². The average Bonchev–Trinajstić information content (AvgIpc) is 3.33. The second kappa shape index (κ2) is 12.1. The number of aromatic nitrogens is 3. The van der Waals surface area contributed by atoms with E-state index in [2.05, 4.69) is 37.8 Å². The van der Waals surface area contributed by atoms with Gasteiger partial charge in [-0.2, -0.15) is 15.0 Å². The van der Waals surface area contributed by atoms with Crippen LogP contribution in [0.25, 0.3) is 0 Å². The van der Waals surface area contributed by atoms with E-state index < -0.39 is 0 Å². The molecule has 5 N–H and O–H groups in total. The summed E-state index contributed by atoms with van der Waals surface area (Å²) in [5, 5.41) is 10.1. The van der Waals surface area contributed by atoms with Crippen LogP contribution in [0.1, 0.15) is 45.4 Å². The molecule has 2 fully saturated rings. The van der Waals surface area contributed by atoms with Crippen molar-refractivity contribution in [3.63, 3.8) is 0 Å². The Bertz CT molecular complexity index is 604. The number of fused-ring (bicyclic) bond motifs is 2. The molecule has 2 aliphatic carbocycles. The first-order valence-corrected chi connectivity index (χ1v) is 11.1. The van der Waals surface area contributed by atoms with Crippen LogP contribution in [-0.4, -0.2) is 67.1 Å². The molecule has 0 saturated heterocycles. The van der Waals surface area contributed by atoms with Crippen molar-refractivity contribution in [2.24, 2.45) is 17.6 Å². The summed E-state index contributed by atoms with van der Waals surface area (Å²) in [5.74, 6) is 3.50. The first-order chi connectivity index (χ1) is 14.3. The third kappa shape index (κ3) is 7.24. The predicted octanol–water partition coefficient (Wildman–Crippen LogP) is 2.09. The van der Waals surface area contributed by atoms with Crippen LogP contribution < -0.4 is 21.7 Å². The quantitative estimate of drug-likeness (QED) is 0.324. The van der Waals surface area contributed by atoms with Gasteiger partial charge in [0, 0.05) is 25.7 Å². The third-order valence-electron chi connectivity index (χ3n) is 5.67. The number of ether oxygens (including phenoxy) is 2. The van der Waals surface area contributed by atoms with Gasteiger partial charge in [0.2, 0.25) is 17.8 Å². The second-order valence-electron chi connectivity index (χ2n) is 7.95. The Morgan fingerprint density at radius 2 is 1.62 bits per heavy atom. The van der Waals surface area contributed by atoms with Gasteiger partial charge < -0.3 is 31.2 Å².